The predicted molar refractivity (Wildman–Crippen MR) is 115 cm³/mol. The van der Waals surface area contributed by atoms with E-state index in [1.165, 1.54) is 0 Å². The molecule has 7 heteroatoms. The van der Waals surface area contributed by atoms with Crippen LogP contribution in [0.4, 0.5) is 5.69 Å². The van der Waals surface area contributed by atoms with Crippen LogP contribution in [0, 0.1) is 0 Å². The van der Waals surface area contributed by atoms with Crippen molar-refractivity contribution in [1.82, 2.24) is 0 Å². The van der Waals surface area contributed by atoms with Crippen LogP contribution in [0.5, 0.6) is 5.75 Å². The van der Waals surface area contributed by atoms with E-state index in [0.717, 1.165) is 5.56 Å². The van der Waals surface area contributed by atoms with Crippen molar-refractivity contribution in [2.45, 2.75) is 31.3 Å². The average molecular weight is 438 g/mol. The van der Waals surface area contributed by atoms with E-state index in [1.54, 1.807) is 25.3 Å². The SMILES string of the molecule is COC[C@H](C)Oc1ccc(NC(=O)C2(c3ccccc3Cl)CCOCC2)cc1Cl. The van der Waals surface area contributed by atoms with Gasteiger partial charge in [-0.3, -0.25) is 4.79 Å². The summed E-state index contributed by atoms with van der Waals surface area (Å²) < 4.78 is 16.3. The normalized spacial score (nSPS) is 16.8. The van der Waals surface area contributed by atoms with Gasteiger partial charge in [0.1, 0.15) is 11.9 Å². The maximum Gasteiger partial charge on any atom is 0.235 e. The molecule has 0 saturated carbocycles. The van der Waals surface area contributed by atoms with Crippen LogP contribution in [-0.4, -0.2) is 38.9 Å². The molecule has 0 bridgehead atoms. The molecule has 1 aliphatic rings. The zero-order valence-corrected chi connectivity index (χ0v) is 18.1. The zero-order chi connectivity index (χ0) is 20.9. The number of rotatable bonds is 7. The lowest BCUT2D eigenvalue weighted by molar-refractivity contribution is -0.125. The molecular weight excluding hydrogens is 413 g/mol. The summed E-state index contributed by atoms with van der Waals surface area (Å²) >= 11 is 12.8. The van der Waals surface area contributed by atoms with Gasteiger partial charge in [0.15, 0.2) is 0 Å². The Morgan fingerprint density at radius 3 is 2.55 bits per heavy atom. The Bertz CT molecular complexity index is 852. The predicted octanol–water partition coefficient (Wildman–Crippen LogP) is 5.09. The third kappa shape index (κ3) is 5.04. The van der Waals surface area contributed by atoms with Crippen LogP contribution in [0.25, 0.3) is 0 Å². The first-order valence-corrected chi connectivity index (χ1v) is 10.3. The van der Waals surface area contributed by atoms with Crippen molar-refractivity contribution in [3.05, 3.63) is 58.1 Å². The van der Waals surface area contributed by atoms with Crippen LogP contribution in [0.3, 0.4) is 0 Å². The third-order valence-corrected chi connectivity index (χ3v) is 5.71. The Morgan fingerprint density at radius 1 is 1.17 bits per heavy atom. The molecule has 0 radical (unpaired) electrons. The van der Waals surface area contributed by atoms with Crippen molar-refractivity contribution >= 4 is 34.8 Å². The van der Waals surface area contributed by atoms with Crippen LogP contribution in [0.15, 0.2) is 42.5 Å². The molecule has 0 aromatic heterocycles. The Balaban J connectivity index is 1.82. The first kappa shape index (κ1) is 21.9. The Labute approximate surface area is 181 Å². The largest absolute Gasteiger partial charge is 0.487 e. The van der Waals surface area contributed by atoms with Crippen molar-refractivity contribution in [3.63, 3.8) is 0 Å². The lowest BCUT2D eigenvalue weighted by Crippen LogP contribution is -2.45. The monoisotopic (exact) mass is 437 g/mol. The van der Waals surface area contributed by atoms with Gasteiger partial charge < -0.3 is 19.5 Å². The highest BCUT2D eigenvalue weighted by atomic mass is 35.5. The lowest BCUT2D eigenvalue weighted by atomic mass is 9.73. The van der Waals surface area contributed by atoms with E-state index in [2.05, 4.69) is 5.32 Å². The third-order valence-electron chi connectivity index (χ3n) is 5.09. The number of carbonyl (C=O) groups excluding carboxylic acids is 1. The molecule has 156 valence electrons. The summed E-state index contributed by atoms with van der Waals surface area (Å²) in [6.45, 7) is 3.36. The van der Waals surface area contributed by atoms with Gasteiger partial charge in [-0.25, -0.2) is 0 Å². The molecule has 0 spiro atoms. The van der Waals surface area contributed by atoms with E-state index in [0.29, 0.717) is 54.1 Å². The zero-order valence-electron chi connectivity index (χ0n) is 16.5. The minimum Gasteiger partial charge on any atom is -0.487 e. The molecular formula is C22H25Cl2NO4. The van der Waals surface area contributed by atoms with Gasteiger partial charge in [0.25, 0.3) is 0 Å². The number of hydrogen-bond acceptors (Lipinski definition) is 4. The van der Waals surface area contributed by atoms with E-state index >= 15 is 0 Å². The van der Waals surface area contributed by atoms with Crippen LogP contribution < -0.4 is 10.1 Å². The van der Waals surface area contributed by atoms with Gasteiger partial charge in [0.2, 0.25) is 5.91 Å². The molecule has 2 aromatic rings. The molecule has 2 aromatic carbocycles. The highest BCUT2D eigenvalue weighted by Gasteiger charge is 2.43. The van der Waals surface area contributed by atoms with Crippen LogP contribution in [-0.2, 0) is 19.7 Å². The second-order valence-electron chi connectivity index (χ2n) is 7.16. The highest BCUT2D eigenvalue weighted by Crippen LogP contribution is 2.40. The van der Waals surface area contributed by atoms with Gasteiger partial charge >= 0.3 is 0 Å². The van der Waals surface area contributed by atoms with E-state index in [1.807, 2.05) is 31.2 Å². The standard InChI is InChI=1S/C22H25Cl2NO4/c1-15(14-27-2)29-20-8-7-16(13-19(20)24)25-21(26)22(9-11-28-12-10-22)17-5-3-4-6-18(17)23/h3-8,13,15H,9-12,14H2,1-2H3,(H,25,26)/t15-/m0/s1. The number of amides is 1. The average Bonchev–Trinajstić information content (AvgIpc) is 2.71. The summed E-state index contributed by atoms with van der Waals surface area (Å²) in [4.78, 5) is 13.4. The summed E-state index contributed by atoms with van der Waals surface area (Å²) in [6.07, 6.45) is 0.988. The van der Waals surface area contributed by atoms with E-state index in [-0.39, 0.29) is 12.0 Å². The maximum absolute atomic E-state index is 13.4. The summed E-state index contributed by atoms with van der Waals surface area (Å²) in [7, 11) is 1.62. The van der Waals surface area contributed by atoms with Crippen molar-refractivity contribution in [3.8, 4) is 5.75 Å². The Kier molecular flexibility index (Phi) is 7.41. The fraction of sp³-hybridized carbons (Fsp3) is 0.409. The van der Waals surface area contributed by atoms with E-state index in [9.17, 15) is 4.79 Å². The van der Waals surface area contributed by atoms with Gasteiger partial charge in [-0.2, -0.15) is 0 Å². The van der Waals surface area contributed by atoms with Gasteiger partial charge in [0, 0.05) is 31.0 Å². The Morgan fingerprint density at radius 2 is 1.90 bits per heavy atom. The van der Waals surface area contributed by atoms with Crippen molar-refractivity contribution in [1.29, 1.82) is 0 Å². The molecule has 1 N–H and O–H groups in total. The summed E-state index contributed by atoms with van der Waals surface area (Å²) in [5.41, 5.74) is 0.678. The number of benzene rings is 2. The highest BCUT2D eigenvalue weighted by molar-refractivity contribution is 6.32. The smallest absolute Gasteiger partial charge is 0.235 e. The maximum atomic E-state index is 13.4. The van der Waals surface area contributed by atoms with Gasteiger partial charge in [-0.1, -0.05) is 41.4 Å². The molecule has 0 unspecified atom stereocenters. The molecule has 29 heavy (non-hydrogen) atoms. The fourth-order valence-electron chi connectivity index (χ4n) is 3.60. The molecule has 1 aliphatic heterocycles. The van der Waals surface area contributed by atoms with Crippen LogP contribution in [0.1, 0.15) is 25.3 Å². The summed E-state index contributed by atoms with van der Waals surface area (Å²) in [5, 5.41) is 4.01. The van der Waals surface area contributed by atoms with E-state index < -0.39 is 5.41 Å². The second-order valence-corrected chi connectivity index (χ2v) is 7.97. The number of carbonyl (C=O) groups is 1. The first-order chi connectivity index (χ1) is 14.0. The van der Waals surface area contributed by atoms with Crippen molar-refractivity contribution < 1.29 is 19.0 Å². The number of hydrogen-bond donors (Lipinski definition) is 1. The quantitative estimate of drug-likeness (QED) is 0.654. The van der Waals surface area contributed by atoms with Crippen LogP contribution in [0.2, 0.25) is 10.0 Å². The number of halogens is 2. The molecule has 1 fully saturated rings. The molecule has 1 saturated heterocycles. The number of ether oxygens (including phenoxy) is 3. The van der Waals surface area contributed by atoms with Gasteiger partial charge in [-0.05, 0) is 49.6 Å². The van der Waals surface area contributed by atoms with Crippen molar-refractivity contribution in [2.75, 3.05) is 32.2 Å². The molecule has 1 atom stereocenters. The number of methoxy groups -OCH3 is 1. The minimum absolute atomic E-state index is 0.119. The summed E-state index contributed by atoms with van der Waals surface area (Å²) in [6, 6.07) is 12.7. The lowest BCUT2D eigenvalue weighted by Gasteiger charge is -2.36. The number of nitrogens with one attached hydrogen (secondary N) is 1. The van der Waals surface area contributed by atoms with Gasteiger partial charge in [0.05, 0.1) is 17.0 Å². The van der Waals surface area contributed by atoms with Crippen molar-refractivity contribution in [2.24, 2.45) is 0 Å². The first-order valence-electron chi connectivity index (χ1n) is 9.55. The molecule has 5 nitrogen and oxygen atoms in total. The topological polar surface area (TPSA) is 56.8 Å². The fourth-order valence-corrected chi connectivity index (χ4v) is 4.14. The molecule has 1 heterocycles. The summed E-state index contributed by atoms with van der Waals surface area (Å²) in [5.74, 6) is 0.424. The Hall–Kier alpha value is -1.79. The van der Waals surface area contributed by atoms with Crippen LogP contribution >= 0.6 is 23.2 Å². The number of anilines is 1. The molecule has 3 rings (SSSR count). The molecule has 0 aliphatic carbocycles. The molecule has 1 amide bonds. The second kappa shape index (κ2) is 9.81. The van der Waals surface area contributed by atoms with E-state index in [4.69, 9.17) is 37.4 Å². The minimum atomic E-state index is -0.745. The van der Waals surface area contributed by atoms with Gasteiger partial charge in [-0.15, -0.1) is 0 Å².